The SMILES string of the molecule is [C-]#[N+]c1ccc2c3cc(C#N)ccc3n(-c3ccc(-c4cc(C#N)ccc4-c4ccccc4-n4c5ccccc5c5ccccc54)cc3)c2c1. The van der Waals surface area contributed by atoms with Crippen LogP contribution in [0.2, 0.25) is 0 Å². The number of nitriles is 2. The monoisotopic (exact) mass is 635 g/mol. The third kappa shape index (κ3) is 4.38. The van der Waals surface area contributed by atoms with E-state index in [0.29, 0.717) is 16.8 Å². The van der Waals surface area contributed by atoms with Gasteiger partial charge in [-0.2, -0.15) is 10.5 Å². The third-order valence-electron chi connectivity index (χ3n) is 9.61. The Morgan fingerprint density at radius 3 is 1.80 bits per heavy atom. The lowest BCUT2D eigenvalue weighted by Crippen LogP contribution is -1.98. The quantitative estimate of drug-likeness (QED) is 0.181. The summed E-state index contributed by atoms with van der Waals surface area (Å²) < 4.78 is 4.48. The van der Waals surface area contributed by atoms with E-state index in [-0.39, 0.29) is 0 Å². The fourth-order valence-corrected chi connectivity index (χ4v) is 7.38. The Balaban J connectivity index is 1.23. The van der Waals surface area contributed by atoms with E-state index in [1.807, 2.05) is 48.5 Å². The first-order valence-corrected chi connectivity index (χ1v) is 16.3. The van der Waals surface area contributed by atoms with Gasteiger partial charge in [-0.15, -0.1) is 0 Å². The molecule has 5 heteroatoms. The summed E-state index contributed by atoms with van der Waals surface area (Å²) >= 11 is 0. The van der Waals surface area contributed by atoms with Gasteiger partial charge in [0.25, 0.3) is 0 Å². The lowest BCUT2D eigenvalue weighted by Gasteiger charge is -2.17. The zero-order valence-electron chi connectivity index (χ0n) is 26.7. The number of benzene rings is 7. The van der Waals surface area contributed by atoms with Gasteiger partial charge < -0.3 is 9.13 Å². The van der Waals surface area contributed by atoms with Crippen molar-refractivity contribution >= 4 is 49.3 Å². The van der Waals surface area contributed by atoms with Crippen LogP contribution in [-0.4, -0.2) is 9.13 Å². The van der Waals surface area contributed by atoms with E-state index in [1.54, 1.807) is 0 Å². The van der Waals surface area contributed by atoms with Gasteiger partial charge in [-0.3, -0.25) is 0 Å². The highest BCUT2D eigenvalue weighted by Crippen LogP contribution is 2.41. The van der Waals surface area contributed by atoms with E-state index in [1.165, 1.54) is 10.8 Å². The van der Waals surface area contributed by atoms with Crippen molar-refractivity contribution in [2.24, 2.45) is 0 Å². The molecule has 0 spiro atoms. The topological polar surface area (TPSA) is 61.8 Å². The van der Waals surface area contributed by atoms with E-state index < -0.39 is 0 Å². The Bertz CT molecular complexity index is 2900. The van der Waals surface area contributed by atoms with Gasteiger partial charge in [-0.1, -0.05) is 84.9 Å². The molecule has 0 amide bonds. The Labute approximate surface area is 288 Å². The van der Waals surface area contributed by atoms with Crippen molar-refractivity contribution in [3.63, 3.8) is 0 Å². The van der Waals surface area contributed by atoms with Crippen LogP contribution in [0.4, 0.5) is 5.69 Å². The van der Waals surface area contributed by atoms with Crippen molar-refractivity contribution in [1.29, 1.82) is 10.5 Å². The van der Waals surface area contributed by atoms with Crippen molar-refractivity contribution in [3.8, 4) is 45.8 Å². The van der Waals surface area contributed by atoms with Crippen LogP contribution in [0.15, 0.2) is 152 Å². The molecule has 5 nitrogen and oxygen atoms in total. The van der Waals surface area contributed by atoms with E-state index >= 15 is 0 Å². The van der Waals surface area contributed by atoms with Crippen LogP contribution in [-0.2, 0) is 0 Å². The van der Waals surface area contributed by atoms with Crippen molar-refractivity contribution in [1.82, 2.24) is 9.13 Å². The molecule has 0 N–H and O–H groups in total. The molecule has 0 bridgehead atoms. The lowest BCUT2D eigenvalue weighted by molar-refractivity contribution is 1.18. The first kappa shape index (κ1) is 28.8. The summed E-state index contributed by atoms with van der Waals surface area (Å²) in [7, 11) is 0. The highest BCUT2D eigenvalue weighted by atomic mass is 15.0. The lowest BCUT2D eigenvalue weighted by atomic mass is 9.92. The molecule has 230 valence electrons. The third-order valence-corrected chi connectivity index (χ3v) is 9.61. The van der Waals surface area contributed by atoms with Gasteiger partial charge in [-0.05, 0) is 83.4 Å². The molecule has 50 heavy (non-hydrogen) atoms. The molecule has 0 aliphatic heterocycles. The predicted molar refractivity (Wildman–Crippen MR) is 202 cm³/mol. The molecule has 0 saturated carbocycles. The molecular formula is C45H25N5. The average molecular weight is 636 g/mol. The molecule has 0 aliphatic carbocycles. The maximum atomic E-state index is 9.96. The summed E-state index contributed by atoms with van der Waals surface area (Å²) in [6, 6.07) is 55.7. The van der Waals surface area contributed by atoms with Crippen molar-refractivity contribution in [2.45, 2.75) is 0 Å². The molecule has 0 saturated heterocycles. The van der Waals surface area contributed by atoms with E-state index in [9.17, 15) is 10.5 Å². The molecule has 2 aromatic heterocycles. The van der Waals surface area contributed by atoms with Crippen molar-refractivity contribution < 1.29 is 0 Å². The molecule has 7 aromatic carbocycles. The van der Waals surface area contributed by atoms with Gasteiger partial charge in [0, 0.05) is 38.3 Å². The molecule has 0 unspecified atom stereocenters. The number of hydrogen-bond acceptors (Lipinski definition) is 2. The minimum atomic E-state index is 0.554. The Hall–Kier alpha value is -7.39. The minimum Gasteiger partial charge on any atom is -0.311 e. The van der Waals surface area contributed by atoms with Gasteiger partial charge in [0.1, 0.15) is 0 Å². The summed E-state index contributed by atoms with van der Waals surface area (Å²) in [4.78, 5) is 3.68. The van der Waals surface area contributed by atoms with Crippen LogP contribution >= 0.6 is 0 Å². The maximum absolute atomic E-state index is 9.96. The molecule has 2 heterocycles. The first-order valence-electron chi connectivity index (χ1n) is 16.3. The zero-order chi connectivity index (χ0) is 33.8. The summed E-state index contributed by atoms with van der Waals surface area (Å²) in [6.45, 7) is 7.63. The summed E-state index contributed by atoms with van der Waals surface area (Å²) in [5.74, 6) is 0. The van der Waals surface area contributed by atoms with Crippen molar-refractivity contribution in [3.05, 3.63) is 174 Å². The van der Waals surface area contributed by atoms with Crippen LogP contribution in [0, 0.1) is 29.2 Å². The number of aromatic nitrogens is 2. The zero-order valence-corrected chi connectivity index (χ0v) is 26.7. The summed E-state index contributed by atoms with van der Waals surface area (Å²) in [5, 5.41) is 23.9. The molecule has 9 aromatic rings. The molecule has 0 radical (unpaired) electrons. The number of para-hydroxylation sites is 3. The number of nitrogens with zero attached hydrogens (tertiary/aromatic N) is 5. The van der Waals surface area contributed by atoms with Gasteiger partial charge in [0.2, 0.25) is 0 Å². The second-order valence-electron chi connectivity index (χ2n) is 12.3. The van der Waals surface area contributed by atoms with Crippen LogP contribution in [0.25, 0.3) is 82.1 Å². The second kappa shape index (κ2) is 11.4. The largest absolute Gasteiger partial charge is 0.311 e. The van der Waals surface area contributed by atoms with E-state index in [2.05, 4.69) is 129 Å². The van der Waals surface area contributed by atoms with E-state index in [0.717, 1.165) is 66.5 Å². The molecule has 9 rings (SSSR count). The molecular weight excluding hydrogens is 611 g/mol. The van der Waals surface area contributed by atoms with Gasteiger partial charge in [-0.25, -0.2) is 4.85 Å². The fraction of sp³-hybridized carbons (Fsp3) is 0. The Morgan fingerprint density at radius 2 is 1.08 bits per heavy atom. The molecule has 0 atom stereocenters. The smallest absolute Gasteiger partial charge is 0.189 e. The normalized spacial score (nSPS) is 11.1. The standard InChI is InChI=1S/C45H25N5/c1-48-32-18-22-38-40-25-30(28-47)15-23-44(40)49(45(38)26-32)33-19-16-31(17-20-33)39-24-29(27-46)14-21-34(39)35-8-2-5-11-41(35)50-42-12-6-3-9-36(42)37-10-4-7-13-43(37)50/h2-26H. The van der Waals surface area contributed by atoms with Crippen LogP contribution in [0.3, 0.4) is 0 Å². The first-order chi connectivity index (χ1) is 24.7. The summed E-state index contributed by atoms with van der Waals surface area (Å²) in [5.41, 5.74) is 11.9. The maximum Gasteiger partial charge on any atom is 0.189 e. The van der Waals surface area contributed by atoms with Crippen LogP contribution < -0.4 is 0 Å². The Morgan fingerprint density at radius 1 is 0.460 bits per heavy atom. The molecule has 0 fully saturated rings. The predicted octanol–water partition coefficient (Wildman–Crippen LogP) is 11.5. The second-order valence-corrected chi connectivity index (χ2v) is 12.3. The number of fused-ring (bicyclic) bond motifs is 6. The summed E-state index contributed by atoms with van der Waals surface area (Å²) in [6.07, 6.45) is 0. The number of rotatable bonds is 4. The van der Waals surface area contributed by atoms with Gasteiger partial charge in [0.05, 0.1) is 52.1 Å². The van der Waals surface area contributed by atoms with Crippen LogP contribution in [0.1, 0.15) is 11.1 Å². The molecule has 0 aliphatic rings. The fourth-order valence-electron chi connectivity index (χ4n) is 7.38. The average Bonchev–Trinajstić information content (AvgIpc) is 3.69. The highest BCUT2D eigenvalue weighted by molar-refractivity contribution is 6.11. The van der Waals surface area contributed by atoms with Crippen molar-refractivity contribution in [2.75, 3.05) is 0 Å². The minimum absolute atomic E-state index is 0.554. The number of hydrogen-bond donors (Lipinski definition) is 0. The van der Waals surface area contributed by atoms with Gasteiger partial charge >= 0.3 is 0 Å². The van der Waals surface area contributed by atoms with E-state index in [4.69, 9.17) is 6.57 Å². The highest BCUT2D eigenvalue weighted by Gasteiger charge is 2.19. The Kier molecular flexibility index (Phi) is 6.56. The van der Waals surface area contributed by atoms with Gasteiger partial charge in [0.15, 0.2) is 5.69 Å². The van der Waals surface area contributed by atoms with Crippen LogP contribution in [0.5, 0.6) is 0 Å².